The molecule has 0 radical (unpaired) electrons. The number of amidine groups is 1. The Kier molecular flexibility index (Phi) is 8.48. The minimum Gasteiger partial charge on any atom is -0.384 e. The highest BCUT2D eigenvalue weighted by atomic mass is 32.1. The molecular weight excluding hydrogens is 432 g/mol. The van der Waals surface area contributed by atoms with E-state index in [1.165, 1.54) is 4.57 Å². The molecule has 0 bridgehead atoms. The van der Waals surface area contributed by atoms with Gasteiger partial charge in [-0.1, -0.05) is 44.3 Å². The standard InChI is InChI=1S/C25H38N6OS/c1-17(2)16-31-22(26)21(24(33)29(5)25(31)32)23(28-20-9-7-6-8-10-20)27-15-19-11-13-30(14-12-19)18(3)4/h6-10,17-19H,11-16,26H2,1-5H3,(H,27,28). The molecule has 0 aliphatic carbocycles. The Morgan fingerprint density at radius 1 is 1.18 bits per heavy atom. The maximum absolute atomic E-state index is 12.9. The lowest BCUT2D eigenvalue weighted by Crippen LogP contribution is -2.39. The second-order valence-corrected chi connectivity index (χ2v) is 10.1. The lowest BCUT2D eigenvalue weighted by atomic mass is 9.96. The Balaban J connectivity index is 2.00. The number of anilines is 2. The second-order valence-electron chi connectivity index (χ2n) is 9.66. The largest absolute Gasteiger partial charge is 0.384 e. The number of hydrogen-bond acceptors (Lipinski definition) is 5. The van der Waals surface area contributed by atoms with E-state index in [0.717, 1.165) is 31.6 Å². The van der Waals surface area contributed by atoms with E-state index in [1.807, 2.05) is 30.3 Å². The van der Waals surface area contributed by atoms with Crippen LogP contribution in [-0.2, 0) is 13.6 Å². The van der Waals surface area contributed by atoms with Gasteiger partial charge in [0.25, 0.3) is 0 Å². The molecule has 2 heterocycles. The minimum atomic E-state index is -0.199. The predicted octanol–water partition coefficient (Wildman–Crippen LogP) is 4.13. The van der Waals surface area contributed by atoms with Crippen molar-refractivity contribution in [3.63, 3.8) is 0 Å². The summed E-state index contributed by atoms with van der Waals surface area (Å²) in [7, 11) is 1.70. The molecule has 1 aromatic carbocycles. The van der Waals surface area contributed by atoms with Crippen LogP contribution < -0.4 is 16.7 Å². The van der Waals surface area contributed by atoms with Gasteiger partial charge in [-0.25, -0.2) is 4.79 Å². The molecule has 0 spiro atoms. The number of nitrogens with two attached hydrogens (primary N) is 1. The number of aromatic nitrogens is 2. The third-order valence-corrected chi connectivity index (χ3v) is 6.77. The highest BCUT2D eigenvalue weighted by Gasteiger charge is 2.22. The van der Waals surface area contributed by atoms with Gasteiger partial charge in [0.05, 0.1) is 5.56 Å². The van der Waals surface area contributed by atoms with Crippen molar-refractivity contribution in [1.29, 1.82) is 0 Å². The number of aliphatic imine (C=N–C) groups is 1. The number of rotatable bonds is 7. The molecule has 8 heteroatoms. The van der Waals surface area contributed by atoms with Crippen LogP contribution in [0.15, 0.2) is 40.1 Å². The number of piperidine rings is 1. The molecule has 1 fully saturated rings. The van der Waals surface area contributed by atoms with Crippen molar-refractivity contribution in [1.82, 2.24) is 14.0 Å². The van der Waals surface area contributed by atoms with Crippen molar-refractivity contribution in [3.8, 4) is 0 Å². The molecule has 2 aromatic rings. The average molecular weight is 471 g/mol. The van der Waals surface area contributed by atoms with Gasteiger partial charge in [0.15, 0.2) is 0 Å². The summed E-state index contributed by atoms with van der Waals surface area (Å²) in [6.07, 6.45) is 2.24. The molecule has 180 valence electrons. The zero-order valence-corrected chi connectivity index (χ0v) is 21.4. The van der Waals surface area contributed by atoms with Crippen LogP contribution in [0.25, 0.3) is 0 Å². The first-order valence-electron chi connectivity index (χ1n) is 11.9. The number of hydrogen-bond donors (Lipinski definition) is 2. The molecular formula is C25H38N6OS. The Morgan fingerprint density at radius 3 is 2.39 bits per heavy atom. The Bertz CT molecular complexity index is 1080. The quantitative estimate of drug-likeness (QED) is 0.361. The summed E-state index contributed by atoms with van der Waals surface area (Å²) in [6.45, 7) is 12.0. The lowest BCUT2D eigenvalue weighted by Gasteiger charge is -2.34. The number of para-hydroxylation sites is 1. The fraction of sp³-hybridized carbons (Fsp3) is 0.560. The van der Waals surface area contributed by atoms with E-state index in [-0.39, 0.29) is 11.6 Å². The van der Waals surface area contributed by atoms with Gasteiger partial charge in [0.1, 0.15) is 16.3 Å². The molecule has 3 rings (SSSR count). The van der Waals surface area contributed by atoms with E-state index in [1.54, 1.807) is 11.6 Å². The van der Waals surface area contributed by atoms with Gasteiger partial charge >= 0.3 is 5.69 Å². The van der Waals surface area contributed by atoms with Crippen LogP contribution in [0, 0.1) is 16.5 Å². The van der Waals surface area contributed by atoms with E-state index in [4.69, 9.17) is 22.9 Å². The zero-order chi connectivity index (χ0) is 24.1. The Labute approximate surface area is 202 Å². The number of likely N-dealkylation sites (tertiary alicyclic amines) is 1. The maximum atomic E-state index is 12.9. The SMILES string of the molecule is CC(C)Cn1c(N)c(C(=NCC2CCN(C(C)C)CC2)Nc2ccccc2)c(=S)n(C)c1=O. The zero-order valence-electron chi connectivity index (χ0n) is 20.5. The summed E-state index contributed by atoms with van der Waals surface area (Å²) in [5, 5.41) is 3.43. The number of benzene rings is 1. The molecule has 33 heavy (non-hydrogen) atoms. The first-order valence-corrected chi connectivity index (χ1v) is 12.3. The highest BCUT2D eigenvalue weighted by molar-refractivity contribution is 7.71. The third kappa shape index (κ3) is 6.12. The van der Waals surface area contributed by atoms with Crippen LogP contribution in [-0.4, -0.2) is 45.5 Å². The summed E-state index contributed by atoms with van der Waals surface area (Å²) in [6, 6.07) is 10.5. The molecule has 7 nitrogen and oxygen atoms in total. The van der Waals surface area contributed by atoms with Crippen LogP contribution in [0.1, 0.15) is 46.1 Å². The van der Waals surface area contributed by atoms with Gasteiger partial charge in [-0.15, -0.1) is 0 Å². The molecule has 3 N–H and O–H groups in total. The van der Waals surface area contributed by atoms with Gasteiger partial charge in [-0.2, -0.15) is 0 Å². The molecule has 1 aliphatic rings. The van der Waals surface area contributed by atoms with Crippen LogP contribution >= 0.6 is 12.2 Å². The summed E-state index contributed by atoms with van der Waals surface area (Å²) in [5.41, 5.74) is 7.90. The first-order chi connectivity index (χ1) is 15.7. The topological polar surface area (TPSA) is 80.6 Å². The van der Waals surface area contributed by atoms with Crippen molar-refractivity contribution in [2.75, 3.05) is 30.7 Å². The summed E-state index contributed by atoms with van der Waals surface area (Å²) < 4.78 is 3.50. The molecule has 0 atom stereocenters. The fourth-order valence-electron chi connectivity index (χ4n) is 4.26. The van der Waals surface area contributed by atoms with Gasteiger partial charge in [-0.3, -0.25) is 14.1 Å². The fourth-order valence-corrected chi connectivity index (χ4v) is 4.54. The molecule has 1 aromatic heterocycles. The van der Waals surface area contributed by atoms with Gasteiger partial charge in [0.2, 0.25) is 0 Å². The molecule has 1 saturated heterocycles. The molecule has 0 unspecified atom stereocenters. The summed E-state index contributed by atoms with van der Waals surface area (Å²) in [5.74, 6) is 1.77. The van der Waals surface area contributed by atoms with Crippen molar-refractivity contribution in [2.45, 2.75) is 53.1 Å². The summed E-state index contributed by atoms with van der Waals surface area (Å²) >= 11 is 5.69. The normalized spacial score (nSPS) is 16.0. The molecule has 0 saturated carbocycles. The second kappa shape index (κ2) is 11.1. The summed E-state index contributed by atoms with van der Waals surface area (Å²) in [4.78, 5) is 20.4. The Hall–Kier alpha value is -2.45. The van der Waals surface area contributed by atoms with Crippen LogP contribution in [0.2, 0.25) is 0 Å². The van der Waals surface area contributed by atoms with Gasteiger partial charge in [0, 0.05) is 31.9 Å². The first kappa shape index (κ1) is 25.2. The van der Waals surface area contributed by atoms with E-state index in [2.05, 4.69) is 37.9 Å². The van der Waals surface area contributed by atoms with Crippen molar-refractivity contribution in [2.24, 2.45) is 23.9 Å². The molecule has 1 aliphatic heterocycles. The van der Waals surface area contributed by atoms with Crippen LogP contribution in [0.5, 0.6) is 0 Å². The Morgan fingerprint density at radius 2 is 1.82 bits per heavy atom. The number of nitrogens with one attached hydrogen (secondary N) is 1. The van der Waals surface area contributed by atoms with E-state index >= 15 is 0 Å². The number of nitrogens with zero attached hydrogens (tertiary/aromatic N) is 4. The van der Waals surface area contributed by atoms with Crippen LogP contribution in [0.3, 0.4) is 0 Å². The maximum Gasteiger partial charge on any atom is 0.330 e. The van der Waals surface area contributed by atoms with E-state index < -0.39 is 0 Å². The van der Waals surface area contributed by atoms with Gasteiger partial charge < -0.3 is 16.0 Å². The minimum absolute atomic E-state index is 0.199. The van der Waals surface area contributed by atoms with Crippen molar-refractivity contribution >= 4 is 29.6 Å². The van der Waals surface area contributed by atoms with E-state index in [9.17, 15) is 4.79 Å². The van der Waals surface area contributed by atoms with Crippen molar-refractivity contribution < 1.29 is 0 Å². The average Bonchev–Trinajstić information content (AvgIpc) is 2.79. The smallest absolute Gasteiger partial charge is 0.330 e. The van der Waals surface area contributed by atoms with Crippen molar-refractivity contribution in [3.05, 3.63) is 51.0 Å². The van der Waals surface area contributed by atoms with Gasteiger partial charge in [-0.05, 0) is 63.7 Å². The lowest BCUT2D eigenvalue weighted by molar-refractivity contribution is 0.152. The predicted molar refractivity (Wildman–Crippen MR) is 141 cm³/mol. The highest BCUT2D eigenvalue weighted by Crippen LogP contribution is 2.21. The monoisotopic (exact) mass is 470 g/mol. The third-order valence-electron chi connectivity index (χ3n) is 6.29. The number of nitrogen functional groups attached to an aromatic ring is 1. The molecule has 0 amide bonds. The van der Waals surface area contributed by atoms with Crippen LogP contribution in [0.4, 0.5) is 11.5 Å². The van der Waals surface area contributed by atoms with E-state index in [0.29, 0.717) is 46.9 Å².